The molecule has 5 heteroatoms. The maximum Gasteiger partial charge on any atom is 0.344 e. The molecule has 4 aliphatic rings. The quantitative estimate of drug-likeness (QED) is 0.101. The van der Waals surface area contributed by atoms with Crippen LogP contribution < -0.4 is 10.4 Å². The molecular formula is C42H54O5. The van der Waals surface area contributed by atoms with Gasteiger partial charge in [-0.05, 0) is 115 Å². The molecule has 1 aromatic heterocycles. The van der Waals surface area contributed by atoms with Crippen LogP contribution in [0.2, 0.25) is 0 Å². The summed E-state index contributed by atoms with van der Waals surface area (Å²) in [4.78, 5) is 25.4. The first-order valence-electron chi connectivity index (χ1n) is 18.5. The molecule has 0 aliphatic heterocycles. The first-order valence-corrected chi connectivity index (χ1v) is 18.5. The Balaban J connectivity index is 0.961. The molecule has 4 aliphatic carbocycles. The number of rotatable bonds is 9. The van der Waals surface area contributed by atoms with Crippen LogP contribution in [0.25, 0.3) is 21.7 Å². The van der Waals surface area contributed by atoms with Gasteiger partial charge in [-0.3, -0.25) is 0 Å². The number of carbonyl (C=O) groups is 1. The van der Waals surface area contributed by atoms with E-state index in [4.69, 9.17) is 13.9 Å². The monoisotopic (exact) mass is 638 g/mol. The predicted octanol–water partition coefficient (Wildman–Crippen LogP) is 10.3. The van der Waals surface area contributed by atoms with Crippen LogP contribution in [0.15, 0.2) is 63.3 Å². The second-order valence-electron chi connectivity index (χ2n) is 16.5. The predicted molar refractivity (Wildman–Crippen MR) is 188 cm³/mol. The third kappa shape index (κ3) is 5.95. The second-order valence-corrected chi connectivity index (χ2v) is 16.5. The van der Waals surface area contributed by atoms with Gasteiger partial charge in [-0.15, -0.1) is 0 Å². The lowest BCUT2D eigenvalue weighted by Gasteiger charge is -2.58. The number of allylic oxidation sites excluding steroid dienone is 1. The average molecular weight is 639 g/mol. The van der Waals surface area contributed by atoms with Crippen LogP contribution in [0.4, 0.5) is 0 Å². The molecule has 3 saturated carbocycles. The van der Waals surface area contributed by atoms with E-state index < -0.39 is 0 Å². The molecule has 0 saturated heterocycles. The zero-order valence-corrected chi connectivity index (χ0v) is 29.2. The van der Waals surface area contributed by atoms with Crippen molar-refractivity contribution in [1.82, 2.24) is 0 Å². The number of hydrogen-bond acceptors (Lipinski definition) is 5. The zero-order valence-electron chi connectivity index (χ0n) is 29.2. The van der Waals surface area contributed by atoms with Crippen LogP contribution >= 0.6 is 0 Å². The van der Waals surface area contributed by atoms with E-state index in [0.29, 0.717) is 22.1 Å². The summed E-state index contributed by atoms with van der Waals surface area (Å²) in [6.45, 7) is 12.3. The van der Waals surface area contributed by atoms with Gasteiger partial charge in [0.05, 0.1) is 5.39 Å². The highest BCUT2D eigenvalue weighted by Crippen LogP contribution is 2.67. The molecule has 3 fully saturated rings. The summed E-state index contributed by atoms with van der Waals surface area (Å²) in [7, 11) is 0. The Morgan fingerprint density at radius 2 is 1.74 bits per heavy atom. The smallest absolute Gasteiger partial charge is 0.344 e. The third-order valence-electron chi connectivity index (χ3n) is 13.5. The molecule has 5 nitrogen and oxygen atoms in total. The lowest BCUT2D eigenvalue weighted by Crippen LogP contribution is -2.51. The maximum absolute atomic E-state index is 12.9. The lowest BCUT2D eigenvalue weighted by atomic mass is 9.47. The molecule has 0 unspecified atom stereocenters. The summed E-state index contributed by atoms with van der Waals surface area (Å²) in [5.74, 6) is 5.06. The number of fused-ring (bicyclic) bond motifs is 8. The molecule has 3 aromatic rings. The Bertz CT molecular complexity index is 1720. The van der Waals surface area contributed by atoms with E-state index in [1.54, 1.807) is 12.1 Å². The van der Waals surface area contributed by atoms with Gasteiger partial charge in [0.1, 0.15) is 17.4 Å². The number of benzene rings is 2. The van der Waals surface area contributed by atoms with Gasteiger partial charge in [-0.25, -0.2) is 9.59 Å². The first-order chi connectivity index (χ1) is 22.6. The minimum atomic E-state index is -0.380. The fourth-order valence-corrected chi connectivity index (χ4v) is 11.1. The minimum absolute atomic E-state index is 0.0978. The van der Waals surface area contributed by atoms with Crippen molar-refractivity contribution in [1.29, 1.82) is 0 Å². The normalized spacial score (nSPS) is 32.4. The lowest BCUT2D eigenvalue weighted by molar-refractivity contribution is -0.153. The van der Waals surface area contributed by atoms with E-state index >= 15 is 0 Å². The van der Waals surface area contributed by atoms with Crippen molar-refractivity contribution in [2.24, 2.45) is 46.3 Å². The SMILES string of the molecule is CC(C)CCC[C@@H](C)[C@H]1CC[C@@H]2[C@H]3CC=C4C[C@@H](OC(=O)COc5ccc6c(c5)oc(=O)c5ccccc56)CC[C@]4(C)[C@H]3CC[C@@]21C. The van der Waals surface area contributed by atoms with Crippen LogP contribution in [-0.4, -0.2) is 18.7 Å². The van der Waals surface area contributed by atoms with Crippen LogP contribution in [-0.2, 0) is 9.53 Å². The molecule has 8 atom stereocenters. The van der Waals surface area contributed by atoms with Crippen LogP contribution in [0.5, 0.6) is 5.75 Å². The molecule has 252 valence electrons. The molecule has 7 rings (SSSR count). The van der Waals surface area contributed by atoms with E-state index in [1.165, 1.54) is 56.9 Å². The molecule has 0 spiro atoms. The number of ether oxygens (including phenoxy) is 2. The van der Waals surface area contributed by atoms with Gasteiger partial charge < -0.3 is 13.9 Å². The van der Waals surface area contributed by atoms with Crippen molar-refractivity contribution in [2.45, 2.75) is 111 Å². The third-order valence-corrected chi connectivity index (χ3v) is 13.5. The van der Waals surface area contributed by atoms with E-state index in [0.717, 1.165) is 65.5 Å². The van der Waals surface area contributed by atoms with Crippen LogP contribution in [0.1, 0.15) is 105 Å². The Morgan fingerprint density at radius 1 is 0.936 bits per heavy atom. The molecule has 0 N–H and O–H groups in total. The summed E-state index contributed by atoms with van der Waals surface area (Å²) < 4.78 is 17.4. The van der Waals surface area contributed by atoms with Gasteiger partial charge in [0.2, 0.25) is 0 Å². The molecule has 0 bridgehead atoms. The topological polar surface area (TPSA) is 65.7 Å². The summed E-state index contributed by atoms with van der Waals surface area (Å²) in [6, 6.07) is 12.8. The minimum Gasteiger partial charge on any atom is -0.482 e. The fraction of sp³-hybridized carbons (Fsp3) is 0.619. The van der Waals surface area contributed by atoms with Gasteiger partial charge in [0, 0.05) is 17.9 Å². The van der Waals surface area contributed by atoms with E-state index in [1.807, 2.05) is 30.3 Å². The highest BCUT2D eigenvalue weighted by atomic mass is 16.6. The summed E-state index contributed by atoms with van der Waals surface area (Å²) in [5, 5.41) is 2.23. The van der Waals surface area contributed by atoms with E-state index in [2.05, 4.69) is 40.7 Å². The zero-order chi connectivity index (χ0) is 32.9. The van der Waals surface area contributed by atoms with E-state index in [-0.39, 0.29) is 29.7 Å². The van der Waals surface area contributed by atoms with E-state index in [9.17, 15) is 9.59 Å². The Kier molecular flexibility index (Phi) is 8.81. The Morgan fingerprint density at radius 3 is 2.55 bits per heavy atom. The van der Waals surface area contributed by atoms with Gasteiger partial charge >= 0.3 is 11.6 Å². The largest absolute Gasteiger partial charge is 0.482 e. The van der Waals surface area contributed by atoms with Crippen LogP contribution in [0, 0.1) is 46.3 Å². The first kappa shape index (κ1) is 32.5. The maximum atomic E-state index is 12.9. The van der Waals surface area contributed by atoms with Crippen LogP contribution in [0.3, 0.4) is 0 Å². The highest BCUT2D eigenvalue weighted by Gasteiger charge is 2.59. The van der Waals surface area contributed by atoms with Crippen molar-refractivity contribution in [2.75, 3.05) is 6.61 Å². The summed E-state index contributed by atoms with van der Waals surface area (Å²) in [5.41, 5.74) is 2.32. The highest BCUT2D eigenvalue weighted by molar-refractivity contribution is 6.04. The van der Waals surface area contributed by atoms with Crippen molar-refractivity contribution >= 4 is 27.7 Å². The Hall–Kier alpha value is -3.08. The van der Waals surface area contributed by atoms with Gasteiger partial charge in [-0.1, -0.05) is 83.7 Å². The number of esters is 1. The molecule has 47 heavy (non-hydrogen) atoms. The van der Waals surface area contributed by atoms with Crippen molar-refractivity contribution in [3.05, 3.63) is 64.5 Å². The number of carbonyl (C=O) groups excluding carboxylic acids is 1. The average Bonchev–Trinajstić information content (AvgIpc) is 3.41. The van der Waals surface area contributed by atoms with Crippen molar-refractivity contribution < 1.29 is 18.7 Å². The molecular weight excluding hydrogens is 584 g/mol. The van der Waals surface area contributed by atoms with Gasteiger partial charge in [0.25, 0.3) is 0 Å². The molecule has 0 amide bonds. The second kappa shape index (κ2) is 12.7. The Labute approximate surface area is 280 Å². The van der Waals surface area contributed by atoms with Gasteiger partial charge in [0.15, 0.2) is 6.61 Å². The van der Waals surface area contributed by atoms with Crippen molar-refractivity contribution in [3.8, 4) is 5.75 Å². The summed E-state index contributed by atoms with van der Waals surface area (Å²) in [6.07, 6.45) is 16.2. The standard InChI is InChI=1S/C42H54O5/c1-26(2)9-8-10-27(3)35-17-18-36-34-15-13-28-23-30(19-21-41(28,4)37(34)20-22-42(35,36)5)46-39(43)25-45-29-14-16-32-31-11-6-7-12-33(31)40(44)47-38(32)24-29/h6-7,11-14,16,24,26-27,30,34-37H,8-10,15,17-23,25H2,1-5H3/t27-,30+,34-,35-,36-,37+,41+,42-/m1/s1. The van der Waals surface area contributed by atoms with Crippen molar-refractivity contribution in [3.63, 3.8) is 0 Å². The molecule has 0 radical (unpaired) electrons. The molecule has 1 heterocycles. The molecule has 2 aromatic carbocycles. The number of hydrogen-bond donors (Lipinski definition) is 0. The fourth-order valence-electron chi connectivity index (χ4n) is 11.1. The van der Waals surface area contributed by atoms with Gasteiger partial charge in [-0.2, -0.15) is 0 Å². The summed E-state index contributed by atoms with van der Waals surface area (Å²) >= 11 is 0.